The average Bonchev–Trinajstić information content (AvgIpc) is 1.87. The summed E-state index contributed by atoms with van der Waals surface area (Å²) in [5, 5.41) is 17.3. The number of hydrogen-bond donors (Lipinski definition) is 2. The fourth-order valence-corrected chi connectivity index (χ4v) is 0.661. The third-order valence-electron chi connectivity index (χ3n) is 1.04. The molecule has 7 heavy (non-hydrogen) atoms. The molecule has 0 aromatic carbocycles. The molecule has 0 amide bonds. The van der Waals surface area contributed by atoms with E-state index in [4.69, 9.17) is 10.2 Å². The number of aliphatic hydroxyl groups excluding tert-OH is 2. The molecule has 2 unspecified atom stereocenters. The van der Waals surface area contributed by atoms with Crippen molar-refractivity contribution >= 4 is 0 Å². The lowest BCUT2D eigenvalue weighted by atomic mass is 10.3. The maximum absolute atomic E-state index is 8.65. The minimum absolute atomic E-state index is 0.407. The second kappa shape index (κ2) is 1.80. The normalized spacial score (nSPS) is 42.0. The van der Waals surface area contributed by atoms with Gasteiger partial charge in [-0.15, -0.1) is 0 Å². The fourth-order valence-electron chi connectivity index (χ4n) is 0.661. The first kappa shape index (κ1) is 5.06. The lowest BCUT2D eigenvalue weighted by Gasteiger charge is -1.95. The minimum atomic E-state index is -0.407. The van der Waals surface area contributed by atoms with E-state index in [0.29, 0.717) is 6.42 Å². The first-order valence-electron chi connectivity index (χ1n) is 2.33. The Morgan fingerprint density at radius 2 is 1.57 bits per heavy atom. The molecule has 0 aromatic rings. The van der Waals surface area contributed by atoms with Gasteiger partial charge in [0.15, 0.2) is 0 Å². The Morgan fingerprint density at radius 1 is 1.14 bits per heavy atom. The Bertz CT molecular complexity index is 55.1. The Balaban J connectivity index is 2.26. The van der Waals surface area contributed by atoms with Crippen LogP contribution >= 0.6 is 0 Å². The molecule has 0 heterocycles. The zero-order valence-electron chi connectivity index (χ0n) is 3.91. The molecule has 0 aliphatic heterocycles. The van der Waals surface area contributed by atoms with Crippen LogP contribution in [0.25, 0.3) is 0 Å². The lowest BCUT2D eigenvalue weighted by molar-refractivity contribution is 0.152. The molecule has 2 N–H and O–H groups in total. The molecule has 1 fully saturated rings. The Hall–Kier alpha value is -0.0800. The molecule has 40 valence electrons. The highest BCUT2D eigenvalue weighted by Gasteiger charge is 2.20. The molecule has 0 bridgehead atoms. The standard InChI is InChI=1S/C5H8O2/c6-4-1-2-5(7)3-4/h1-2,4-7H,3H2. The Kier molecular flexibility index (Phi) is 1.30. The fraction of sp³-hybridized carbons (Fsp3) is 0.600. The van der Waals surface area contributed by atoms with Crippen LogP contribution in [0, 0.1) is 12.8 Å². The molecule has 1 aliphatic carbocycles. The summed E-state index contributed by atoms with van der Waals surface area (Å²) < 4.78 is 0. The van der Waals surface area contributed by atoms with Crippen molar-refractivity contribution in [3.05, 3.63) is 12.8 Å². The molecular weight excluding hydrogens is 92.1 g/mol. The summed E-state index contributed by atoms with van der Waals surface area (Å²) in [5.41, 5.74) is 0. The van der Waals surface area contributed by atoms with Crippen molar-refractivity contribution in [3.63, 3.8) is 0 Å². The van der Waals surface area contributed by atoms with E-state index >= 15 is 0 Å². The van der Waals surface area contributed by atoms with E-state index in [1.54, 1.807) is 12.8 Å². The molecule has 0 saturated heterocycles. The van der Waals surface area contributed by atoms with Gasteiger partial charge in [-0.2, -0.15) is 0 Å². The van der Waals surface area contributed by atoms with E-state index in [0.717, 1.165) is 0 Å². The zero-order chi connectivity index (χ0) is 5.28. The minimum Gasteiger partial charge on any atom is -0.393 e. The second-order valence-electron chi connectivity index (χ2n) is 1.76. The smallest absolute Gasteiger partial charge is 0.0600 e. The highest BCUT2D eigenvalue weighted by atomic mass is 16.3. The molecule has 2 nitrogen and oxygen atoms in total. The van der Waals surface area contributed by atoms with E-state index in [9.17, 15) is 0 Å². The SMILES string of the molecule is OC1[CH][CH]C(O)C1. The van der Waals surface area contributed by atoms with Crippen LogP contribution in [-0.4, -0.2) is 22.4 Å². The summed E-state index contributed by atoms with van der Waals surface area (Å²) in [6.07, 6.45) is 2.86. The van der Waals surface area contributed by atoms with Gasteiger partial charge in [0.1, 0.15) is 0 Å². The molecule has 1 aliphatic rings. The predicted molar refractivity (Wildman–Crippen MR) is 25.2 cm³/mol. The molecule has 1 rings (SSSR count). The lowest BCUT2D eigenvalue weighted by Crippen LogP contribution is -2.02. The van der Waals surface area contributed by atoms with E-state index < -0.39 is 12.2 Å². The summed E-state index contributed by atoms with van der Waals surface area (Å²) in [6, 6.07) is 0. The van der Waals surface area contributed by atoms with Crippen LogP contribution < -0.4 is 0 Å². The summed E-state index contributed by atoms with van der Waals surface area (Å²) >= 11 is 0. The third kappa shape index (κ3) is 1.14. The van der Waals surface area contributed by atoms with Crippen molar-refractivity contribution in [2.45, 2.75) is 18.6 Å². The van der Waals surface area contributed by atoms with Crippen LogP contribution in [0.3, 0.4) is 0 Å². The second-order valence-corrected chi connectivity index (χ2v) is 1.76. The van der Waals surface area contributed by atoms with Gasteiger partial charge in [0.25, 0.3) is 0 Å². The van der Waals surface area contributed by atoms with Crippen molar-refractivity contribution in [1.82, 2.24) is 0 Å². The monoisotopic (exact) mass is 100 g/mol. The van der Waals surface area contributed by atoms with Crippen LogP contribution in [0.2, 0.25) is 0 Å². The topological polar surface area (TPSA) is 40.5 Å². The maximum atomic E-state index is 8.65. The van der Waals surface area contributed by atoms with Gasteiger partial charge >= 0.3 is 0 Å². The summed E-state index contributed by atoms with van der Waals surface area (Å²) in [7, 11) is 0. The van der Waals surface area contributed by atoms with Crippen LogP contribution in [-0.2, 0) is 0 Å². The first-order valence-corrected chi connectivity index (χ1v) is 2.33. The van der Waals surface area contributed by atoms with Crippen molar-refractivity contribution < 1.29 is 10.2 Å². The van der Waals surface area contributed by atoms with E-state index in [1.807, 2.05) is 0 Å². The van der Waals surface area contributed by atoms with Crippen LogP contribution in [0.5, 0.6) is 0 Å². The highest BCUT2D eigenvalue weighted by Crippen LogP contribution is 2.15. The summed E-state index contributed by atoms with van der Waals surface area (Å²) in [6.45, 7) is 0. The van der Waals surface area contributed by atoms with Crippen molar-refractivity contribution in [1.29, 1.82) is 0 Å². The number of rotatable bonds is 0. The largest absolute Gasteiger partial charge is 0.393 e. The van der Waals surface area contributed by atoms with Crippen molar-refractivity contribution in [2.75, 3.05) is 0 Å². The van der Waals surface area contributed by atoms with Crippen molar-refractivity contribution in [3.8, 4) is 0 Å². The first-order chi connectivity index (χ1) is 3.29. The Morgan fingerprint density at radius 3 is 1.71 bits per heavy atom. The van der Waals surface area contributed by atoms with Gasteiger partial charge in [-0.3, -0.25) is 0 Å². The molecular formula is C5H8O2. The maximum Gasteiger partial charge on any atom is 0.0600 e. The molecule has 1 saturated carbocycles. The van der Waals surface area contributed by atoms with Gasteiger partial charge in [-0.25, -0.2) is 0 Å². The van der Waals surface area contributed by atoms with E-state index in [-0.39, 0.29) is 0 Å². The van der Waals surface area contributed by atoms with Gasteiger partial charge in [0, 0.05) is 0 Å². The summed E-state index contributed by atoms with van der Waals surface area (Å²) in [4.78, 5) is 0. The van der Waals surface area contributed by atoms with Crippen molar-refractivity contribution in [2.24, 2.45) is 0 Å². The molecule has 2 radical (unpaired) electrons. The average molecular weight is 100 g/mol. The zero-order valence-corrected chi connectivity index (χ0v) is 3.91. The van der Waals surface area contributed by atoms with E-state index in [1.165, 1.54) is 0 Å². The predicted octanol–water partition coefficient (Wildman–Crippen LogP) is -0.480. The van der Waals surface area contributed by atoms with E-state index in [2.05, 4.69) is 0 Å². The molecule has 0 aromatic heterocycles. The number of aliphatic hydroxyl groups is 2. The van der Waals surface area contributed by atoms with Gasteiger partial charge in [-0.1, -0.05) is 0 Å². The summed E-state index contributed by atoms with van der Waals surface area (Å²) in [5.74, 6) is 0. The third-order valence-corrected chi connectivity index (χ3v) is 1.04. The van der Waals surface area contributed by atoms with Gasteiger partial charge in [0.2, 0.25) is 0 Å². The Labute approximate surface area is 42.8 Å². The molecule has 0 spiro atoms. The van der Waals surface area contributed by atoms with Crippen LogP contribution in [0.4, 0.5) is 0 Å². The van der Waals surface area contributed by atoms with Gasteiger partial charge < -0.3 is 10.2 Å². The van der Waals surface area contributed by atoms with Crippen LogP contribution in [0.1, 0.15) is 6.42 Å². The quantitative estimate of drug-likeness (QED) is 0.431. The molecule has 2 heteroatoms. The van der Waals surface area contributed by atoms with Gasteiger partial charge in [-0.05, 0) is 19.3 Å². The molecule has 2 atom stereocenters. The van der Waals surface area contributed by atoms with Crippen LogP contribution in [0.15, 0.2) is 0 Å². The number of hydrogen-bond acceptors (Lipinski definition) is 2. The van der Waals surface area contributed by atoms with Gasteiger partial charge in [0.05, 0.1) is 12.2 Å². The highest BCUT2D eigenvalue weighted by molar-refractivity contribution is 5.03.